The number of nitrogens with zero attached hydrogens (tertiary/aromatic N) is 2. The summed E-state index contributed by atoms with van der Waals surface area (Å²) in [7, 11) is 4.32. The third-order valence-electron chi connectivity index (χ3n) is 5.19. The number of nitrogens with two attached hydrogens (primary N) is 1. The molecule has 0 saturated heterocycles. The average Bonchev–Trinajstić information content (AvgIpc) is 2.42. The van der Waals surface area contributed by atoms with Crippen LogP contribution in [-0.4, -0.2) is 55.6 Å². The van der Waals surface area contributed by atoms with Crippen molar-refractivity contribution in [2.24, 2.45) is 17.6 Å². The maximum Gasteiger partial charge on any atom is 0.0334 e. The molecule has 1 saturated carbocycles. The molecule has 0 amide bonds. The highest BCUT2D eigenvalue weighted by atomic mass is 15.2. The molecular weight excluding hydrogens is 258 g/mol. The summed E-state index contributed by atoms with van der Waals surface area (Å²) in [5, 5.41) is 0. The fraction of sp³-hybridized carbons (Fsp3) is 1.00. The van der Waals surface area contributed by atoms with Crippen LogP contribution in [0.4, 0.5) is 0 Å². The Morgan fingerprint density at radius 3 is 2.48 bits per heavy atom. The molecule has 2 atom stereocenters. The second-order valence-electron chi connectivity index (χ2n) is 7.76. The van der Waals surface area contributed by atoms with E-state index in [0.29, 0.717) is 0 Å². The molecule has 0 aliphatic heterocycles. The van der Waals surface area contributed by atoms with Crippen LogP contribution in [0, 0.1) is 11.8 Å². The molecule has 126 valence electrons. The lowest BCUT2D eigenvalue weighted by atomic mass is 9.72. The first-order valence-corrected chi connectivity index (χ1v) is 9.03. The van der Waals surface area contributed by atoms with E-state index in [2.05, 4.69) is 44.7 Å². The van der Waals surface area contributed by atoms with Crippen LogP contribution in [-0.2, 0) is 0 Å². The topological polar surface area (TPSA) is 32.5 Å². The van der Waals surface area contributed by atoms with Gasteiger partial charge in [-0.1, -0.05) is 33.6 Å². The SMILES string of the molecule is CCN(CCCN(C)C)C1(CN)CCCC(CC(C)C)C1. The third kappa shape index (κ3) is 5.88. The Kier molecular flexibility index (Phi) is 8.22. The molecule has 1 aliphatic rings. The Hall–Kier alpha value is -0.120. The lowest BCUT2D eigenvalue weighted by molar-refractivity contribution is 0.0330. The van der Waals surface area contributed by atoms with E-state index in [1.807, 2.05) is 0 Å². The lowest BCUT2D eigenvalue weighted by Gasteiger charge is -2.48. The van der Waals surface area contributed by atoms with E-state index in [9.17, 15) is 0 Å². The molecular formula is C18H39N3. The molecule has 0 radical (unpaired) electrons. The van der Waals surface area contributed by atoms with Crippen molar-refractivity contribution < 1.29 is 0 Å². The van der Waals surface area contributed by atoms with Crippen LogP contribution in [0.5, 0.6) is 0 Å². The first-order valence-electron chi connectivity index (χ1n) is 9.03. The molecule has 21 heavy (non-hydrogen) atoms. The van der Waals surface area contributed by atoms with Crippen molar-refractivity contribution in [2.75, 3.05) is 40.3 Å². The highest BCUT2D eigenvalue weighted by Crippen LogP contribution is 2.39. The lowest BCUT2D eigenvalue weighted by Crippen LogP contribution is -2.56. The van der Waals surface area contributed by atoms with Gasteiger partial charge in [0, 0.05) is 12.1 Å². The Bertz CT molecular complexity index is 278. The number of hydrogen-bond donors (Lipinski definition) is 1. The van der Waals surface area contributed by atoms with Crippen molar-refractivity contribution in [2.45, 2.75) is 64.8 Å². The van der Waals surface area contributed by atoms with Crippen LogP contribution in [0.25, 0.3) is 0 Å². The first-order chi connectivity index (χ1) is 9.93. The van der Waals surface area contributed by atoms with Gasteiger partial charge in [-0.05, 0) is 71.2 Å². The van der Waals surface area contributed by atoms with Gasteiger partial charge >= 0.3 is 0 Å². The summed E-state index contributed by atoms with van der Waals surface area (Å²) in [6.45, 7) is 11.4. The first kappa shape index (κ1) is 18.9. The predicted molar refractivity (Wildman–Crippen MR) is 93.6 cm³/mol. The minimum absolute atomic E-state index is 0.277. The van der Waals surface area contributed by atoms with Crippen molar-refractivity contribution in [1.82, 2.24) is 9.80 Å². The van der Waals surface area contributed by atoms with Crippen molar-refractivity contribution in [3.63, 3.8) is 0 Å². The van der Waals surface area contributed by atoms with Crippen LogP contribution < -0.4 is 5.73 Å². The van der Waals surface area contributed by atoms with Gasteiger partial charge < -0.3 is 10.6 Å². The summed E-state index contributed by atoms with van der Waals surface area (Å²) in [4.78, 5) is 4.98. The Balaban J connectivity index is 2.65. The van der Waals surface area contributed by atoms with Gasteiger partial charge in [0.2, 0.25) is 0 Å². The molecule has 1 fully saturated rings. The molecule has 0 aromatic heterocycles. The maximum absolute atomic E-state index is 6.29. The smallest absolute Gasteiger partial charge is 0.0334 e. The second kappa shape index (κ2) is 9.12. The van der Waals surface area contributed by atoms with E-state index in [0.717, 1.165) is 24.9 Å². The summed E-state index contributed by atoms with van der Waals surface area (Å²) < 4.78 is 0. The van der Waals surface area contributed by atoms with E-state index in [4.69, 9.17) is 5.73 Å². The van der Waals surface area contributed by atoms with E-state index >= 15 is 0 Å². The van der Waals surface area contributed by atoms with E-state index in [-0.39, 0.29) is 5.54 Å². The molecule has 0 spiro atoms. The van der Waals surface area contributed by atoms with Crippen molar-refractivity contribution >= 4 is 0 Å². The fourth-order valence-electron chi connectivity index (χ4n) is 4.24. The van der Waals surface area contributed by atoms with Crippen LogP contribution >= 0.6 is 0 Å². The summed E-state index contributed by atoms with van der Waals surface area (Å²) in [6.07, 6.45) is 8.01. The zero-order valence-corrected chi connectivity index (χ0v) is 15.2. The molecule has 0 bridgehead atoms. The van der Waals surface area contributed by atoms with Crippen LogP contribution in [0.3, 0.4) is 0 Å². The van der Waals surface area contributed by atoms with Crippen LogP contribution in [0.15, 0.2) is 0 Å². The zero-order chi connectivity index (χ0) is 15.9. The molecule has 0 aromatic rings. The quantitative estimate of drug-likeness (QED) is 0.709. The van der Waals surface area contributed by atoms with E-state index in [1.165, 1.54) is 51.6 Å². The molecule has 2 N–H and O–H groups in total. The van der Waals surface area contributed by atoms with Crippen molar-refractivity contribution in [3.05, 3.63) is 0 Å². The van der Waals surface area contributed by atoms with Gasteiger partial charge in [0.15, 0.2) is 0 Å². The van der Waals surface area contributed by atoms with E-state index in [1.54, 1.807) is 0 Å². The fourth-order valence-corrected chi connectivity index (χ4v) is 4.24. The van der Waals surface area contributed by atoms with Crippen molar-refractivity contribution in [1.29, 1.82) is 0 Å². The molecule has 3 nitrogen and oxygen atoms in total. The Labute approximate surface area is 133 Å². The minimum Gasteiger partial charge on any atom is -0.329 e. The van der Waals surface area contributed by atoms with Gasteiger partial charge in [-0.25, -0.2) is 0 Å². The molecule has 2 unspecified atom stereocenters. The normalized spacial score (nSPS) is 27.0. The van der Waals surface area contributed by atoms with Crippen LogP contribution in [0.2, 0.25) is 0 Å². The molecule has 3 heteroatoms. The van der Waals surface area contributed by atoms with Gasteiger partial charge in [-0.3, -0.25) is 4.90 Å². The van der Waals surface area contributed by atoms with E-state index < -0.39 is 0 Å². The molecule has 0 heterocycles. The monoisotopic (exact) mass is 297 g/mol. The zero-order valence-electron chi connectivity index (χ0n) is 15.2. The summed E-state index contributed by atoms with van der Waals surface area (Å²) in [5.41, 5.74) is 6.56. The Morgan fingerprint density at radius 1 is 1.24 bits per heavy atom. The standard InChI is InChI=1S/C18H39N3/c1-6-21(12-8-11-20(4)5)18(15-19)10-7-9-17(14-18)13-16(2)3/h16-17H,6-15,19H2,1-5H3. The van der Waals surface area contributed by atoms with Gasteiger partial charge in [0.1, 0.15) is 0 Å². The van der Waals surface area contributed by atoms with Crippen molar-refractivity contribution in [3.8, 4) is 0 Å². The predicted octanol–water partition coefficient (Wildman–Crippen LogP) is 3.19. The molecule has 1 aliphatic carbocycles. The number of likely N-dealkylation sites (N-methyl/N-ethyl adjacent to an activating group) is 1. The largest absolute Gasteiger partial charge is 0.329 e. The number of rotatable bonds is 9. The van der Waals surface area contributed by atoms with Gasteiger partial charge in [0.25, 0.3) is 0 Å². The van der Waals surface area contributed by atoms with Gasteiger partial charge in [0.05, 0.1) is 0 Å². The van der Waals surface area contributed by atoms with Gasteiger partial charge in [-0.15, -0.1) is 0 Å². The third-order valence-corrected chi connectivity index (χ3v) is 5.19. The summed E-state index contributed by atoms with van der Waals surface area (Å²) in [5.74, 6) is 1.69. The highest BCUT2D eigenvalue weighted by molar-refractivity contribution is 4.96. The van der Waals surface area contributed by atoms with Gasteiger partial charge in [-0.2, -0.15) is 0 Å². The number of hydrogen-bond acceptors (Lipinski definition) is 3. The highest BCUT2D eigenvalue weighted by Gasteiger charge is 2.39. The molecule has 0 aromatic carbocycles. The summed E-state index contributed by atoms with van der Waals surface area (Å²) >= 11 is 0. The second-order valence-corrected chi connectivity index (χ2v) is 7.76. The summed E-state index contributed by atoms with van der Waals surface area (Å²) in [6, 6.07) is 0. The molecule has 1 rings (SSSR count). The minimum atomic E-state index is 0.277. The average molecular weight is 298 g/mol. The maximum atomic E-state index is 6.29. The Morgan fingerprint density at radius 2 is 1.95 bits per heavy atom. The van der Waals surface area contributed by atoms with Crippen LogP contribution in [0.1, 0.15) is 59.3 Å².